The van der Waals surface area contributed by atoms with Gasteiger partial charge in [-0.15, -0.1) is 0 Å². The predicted molar refractivity (Wildman–Crippen MR) is 102 cm³/mol. The highest BCUT2D eigenvalue weighted by molar-refractivity contribution is 6.43. The summed E-state index contributed by atoms with van der Waals surface area (Å²) in [5.41, 5.74) is 3.13. The summed E-state index contributed by atoms with van der Waals surface area (Å²) in [5.74, 6) is 0.0361. The Balaban J connectivity index is 1.50. The van der Waals surface area contributed by atoms with Crippen LogP contribution in [-0.2, 0) is 11.3 Å². The third-order valence-electron chi connectivity index (χ3n) is 4.62. The highest BCUT2D eigenvalue weighted by Crippen LogP contribution is 2.32. The number of carbonyl (C=O) groups is 2. The van der Waals surface area contributed by atoms with E-state index in [-0.39, 0.29) is 13.3 Å². The third kappa shape index (κ3) is 3.22. The van der Waals surface area contributed by atoms with Gasteiger partial charge in [-0.1, -0.05) is 24.3 Å². The second-order valence-corrected chi connectivity index (χ2v) is 6.49. The smallest absolute Gasteiger partial charge is 0.292 e. The van der Waals surface area contributed by atoms with Gasteiger partial charge >= 0.3 is 0 Å². The molecule has 1 aromatic heterocycles. The van der Waals surface area contributed by atoms with Gasteiger partial charge in [-0.3, -0.25) is 9.59 Å². The maximum Gasteiger partial charge on any atom is 0.292 e. The number of amides is 1. The molecule has 2 aromatic carbocycles. The maximum atomic E-state index is 12.7. The van der Waals surface area contributed by atoms with Gasteiger partial charge in [0.15, 0.2) is 11.5 Å². The van der Waals surface area contributed by atoms with Gasteiger partial charge in [-0.05, 0) is 43.7 Å². The summed E-state index contributed by atoms with van der Waals surface area (Å²) in [5, 5.41) is 7.10. The van der Waals surface area contributed by atoms with Crippen LogP contribution in [0.4, 0.5) is 0 Å². The molecule has 7 heteroatoms. The Morgan fingerprint density at radius 3 is 2.61 bits per heavy atom. The lowest BCUT2D eigenvalue weighted by Crippen LogP contribution is -2.31. The highest BCUT2D eigenvalue weighted by atomic mass is 16.7. The van der Waals surface area contributed by atoms with Crippen molar-refractivity contribution in [1.29, 1.82) is 0 Å². The molecule has 28 heavy (non-hydrogen) atoms. The monoisotopic (exact) mass is 377 g/mol. The summed E-state index contributed by atoms with van der Waals surface area (Å²) in [6, 6.07) is 14.9. The van der Waals surface area contributed by atoms with Crippen LogP contribution in [0.2, 0.25) is 0 Å². The van der Waals surface area contributed by atoms with E-state index >= 15 is 0 Å². The first-order chi connectivity index (χ1) is 13.5. The van der Waals surface area contributed by atoms with Gasteiger partial charge < -0.3 is 14.8 Å². The molecule has 0 radical (unpaired) electrons. The van der Waals surface area contributed by atoms with Crippen molar-refractivity contribution in [1.82, 2.24) is 15.1 Å². The number of nitrogens with one attached hydrogen (secondary N) is 1. The molecule has 1 aliphatic heterocycles. The summed E-state index contributed by atoms with van der Waals surface area (Å²) >= 11 is 0. The Labute approximate surface area is 161 Å². The normalized spacial score (nSPS) is 12.1. The van der Waals surface area contributed by atoms with Crippen molar-refractivity contribution in [3.05, 3.63) is 71.0 Å². The number of hydrogen-bond acceptors (Lipinski definition) is 5. The number of aryl methyl sites for hydroxylation is 1. The fourth-order valence-electron chi connectivity index (χ4n) is 3.22. The number of hydrogen-bond donors (Lipinski definition) is 1. The molecule has 1 amide bonds. The molecule has 2 heterocycles. The summed E-state index contributed by atoms with van der Waals surface area (Å²) in [7, 11) is 0. The lowest BCUT2D eigenvalue weighted by molar-refractivity contribution is -0.117. The highest BCUT2D eigenvalue weighted by Gasteiger charge is 2.25. The molecule has 7 nitrogen and oxygen atoms in total. The molecule has 0 spiro atoms. The van der Waals surface area contributed by atoms with Crippen molar-refractivity contribution in [3.63, 3.8) is 0 Å². The molecule has 0 bridgehead atoms. The molecule has 0 unspecified atom stereocenters. The van der Waals surface area contributed by atoms with Gasteiger partial charge in [0.2, 0.25) is 6.79 Å². The van der Waals surface area contributed by atoms with E-state index in [1.54, 1.807) is 30.7 Å². The van der Waals surface area contributed by atoms with E-state index in [4.69, 9.17) is 9.47 Å². The van der Waals surface area contributed by atoms with E-state index in [9.17, 15) is 9.59 Å². The van der Waals surface area contributed by atoms with Gasteiger partial charge in [-0.2, -0.15) is 5.10 Å². The Kier molecular flexibility index (Phi) is 4.57. The summed E-state index contributed by atoms with van der Waals surface area (Å²) in [4.78, 5) is 25.2. The lowest BCUT2D eigenvalue weighted by Gasteiger charge is -2.07. The first-order valence-electron chi connectivity index (χ1n) is 8.87. The van der Waals surface area contributed by atoms with E-state index in [0.29, 0.717) is 28.5 Å². The minimum Gasteiger partial charge on any atom is -0.454 e. The first-order valence-corrected chi connectivity index (χ1v) is 8.87. The molecule has 1 aliphatic rings. The average Bonchev–Trinajstić information content (AvgIpc) is 3.29. The molecule has 1 N–H and O–H groups in total. The van der Waals surface area contributed by atoms with Crippen LogP contribution in [0, 0.1) is 13.8 Å². The van der Waals surface area contributed by atoms with Crippen molar-refractivity contribution in [2.45, 2.75) is 20.4 Å². The topological polar surface area (TPSA) is 82.5 Å². The minimum absolute atomic E-state index is 0.188. The fourth-order valence-corrected chi connectivity index (χ4v) is 3.22. The quantitative estimate of drug-likeness (QED) is 0.546. The number of carbonyl (C=O) groups excluding carboxylic acids is 2. The van der Waals surface area contributed by atoms with Crippen LogP contribution in [0.3, 0.4) is 0 Å². The molecule has 4 rings (SSSR count). The van der Waals surface area contributed by atoms with E-state index in [2.05, 4.69) is 10.4 Å². The van der Waals surface area contributed by atoms with Crippen molar-refractivity contribution in [2.75, 3.05) is 6.79 Å². The number of aromatic nitrogens is 2. The van der Waals surface area contributed by atoms with E-state index in [1.165, 1.54) is 0 Å². The van der Waals surface area contributed by atoms with Crippen molar-refractivity contribution >= 4 is 11.7 Å². The zero-order valence-corrected chi connectivity index (χ0v) is 15.6. The molecular formula is C21H19N3O4. The molecule has 142 valence electrons. The van der Waals surface area contributed by atoms with E-state index < -0.39 is 11.7 Å². The van der Waals surface area contributed by atoms with Gasteiger partial charge in [0.1, 0.15) is 0 Å². The standard InChI is InChI=1S/C21H19N3O4/c1-13-19(14(2)24(23-13)16-6-4-3-5-7-16)20(25)21(26)22-11-15-8-9-17-18(10-15)28-12-27-17/h3-10H,11-12H2,1-2H3,(H,22,26). The molecule has 0 atom stereocenters. The largest absolute Gasteiger partial charge is 0.454 e. The number of fused-ring (bicyclic) bond motifs is 1. The summed E-state index contributed by atoms with van der Waals surface area (Å²) in [6.45, 7) is 3.91. The van der Waals surface area contributed by atoms with Gasteiger partial charge in [-0.25, -0.2) is 4.68 Å². The third-order valence-corrected chi connectivity index (χ3v) is 4.62. The summed E-state index contributed by atoms with van der Waals surface area (Å²) < 4.78 is 12.3. The maximum absolute atomic E-state index is 12.7. The number of ether oxygens (including phenoxy) is 2. The number of para-hydroxylation sites is 1. The van der Waals surface area contributed by atoms with Crippen LogP contribution in [0.5, 0.6) is 11.5 Å². The fraction of sp³-hybridized carbons (Fsp3) is 0.190. The molecule has 0 saturated carbocycles. The molecule has 0 fully saturated rings. The Hall–Kier alpha value is -3.61. The molecular weight excluding hydrogens is 358 g/mol. The zero-order chi connectivity index (χ0) is 19.7. The SMILES string of the molecule is Cc1nn(-c2ccccc2)c(C)c1C(=O)C(=O)NCc1ccc2c(c1)OCO2. The predicted octanol–water partition coefficient (Wildman–Crippen LogP) is 2.72. The van der Waals surface area contributed by atoms with Crippen LogP contribution in [0.15, 0.2) is 48.5 Å². The van der Waals surface area contributed by atoms with Gasteiger partial charge in [0.05, 0.1) is 22.6 Å². The number of ketones is 1. The number of benzene rings is 2. The van der Waals surface area contributed by atoms with Gasteiger partial charge in [0.25, 0.3) is 11.7 Å². The van der Waals surface area contributed by atoms with Gasteiger partial charge in [0, 0.05) is 6.54 Å². The molecule has 3 aromatic rings. The Morgan fingerprint density at radius 2 is 1.82 bits per heavy atom. The lowest BCUT2D eigenvalue weighted by atomic mass is 10.1. The number of Topliss-reactive ketones (excluding diaryl/α,β-unsaturated/α-hetero) is 1. The first kappa shape index (κ1) is 17.8. The average molecular weight is 377 g/mol. The summed E-state index contributed by atoms with van der Waals surface area (Å²) in [6.07, 6.45) is 0. The van der Waals surface area contributed by atoms with Crippen LogP contribution in [0.1, 0.15) is 27.3 Å². The van der Waals surface area contributed by atoms with Crippen LogP contribution < -0.4 is 14.8 Å². The van der Waals surface area contributed by atoms with Crippen LogP contribution in [0.25, 0.3) is 5.69 Å². The molecule has 0 aliphatic carbocycles. The van der Waals surface area contributed by atoms with E-state index in [0.717, 1.165) is 11.3 Å². The number of nitrogens with zero attached hydrogens (tertiary/aromatic N) is 2. The van der Waals surface area contributed by atoms with Crippen molar-refractivity contribution in [2.24, 2.45) is 0 Å². The Bertz CT molecular complexity index is 1060. The van der Waals surface area contributed by atoms with E-state index in [1.807, 2.05) is 36.4 Å². The minimum atomic E-state index is -0.670. The van der Waals surface area contributed by atoms with Crippen molar-refractivity contribution < 1.29 is 19.1 Å². The second-order valence-electron chi connectivity index (χ2n) is 6.49. The molecule has 0 saturated heterocycles. The van der Waals surface area contributed by atoms with Crippen LogP contribution >= 0.6 is 0 Å². The number of rotatable bonds is 5. The zero-order valence-electron chi connectivity index (χ0n) is 15.6. The van der Waals surface area contributed by atoms with Crippen molar-refractivity contribution in [3.8, 4) is 17.2 Å². The van der Waals surface area contributed by atoms with Crippen LogP contribution in [-0.4, -0.2) is 28.3 Å². The second kappa shape index (κ2) is 7.19. The Morgan fingerprint density at radius 1 is 1.07 bits per heavy atom.